The summed E-state index contributed by atoms with van der Waals surface area (Å²) in [4.78, 5) is 16.6. The van der Waals surface area contributed by atoms with Gasteiger partial charge in [-0.25, -0.2) is 0 Å². The van der Waals surface area contributed by atoms with Crippen LogP contribution in [0.15, 0.2) is 83.8 Å². The van der Waals surface area contributed by atoms with E-state index >= 15 is 0 Å². The van der Waals surface area contributed by atoms with Crippen molar-refractivity contribution in [3.63, 3.8) is 0 Å². The molecular weight excluding hydrogens is 412 g/mol. The average molecular weight is 445 g/mol. The van der Waals surface area contributed by atoms with Crippen LogP contribution < -0.4 is 10.2 Å². The van der Waals surface area contributed by atoms with Gasteiger partial charge in [-0.3, -0.25) is 4.79 Å². The van der Waals surface area contributed by atoms with Crippen LogP contribution in [0.3, 0.4) is 0 Å². The number of hydrogen-bond donors (Lipinski definition) is 1. The lowest BCUT2D eigenvalue weighted by Gasteiger charge is -2.33. The van der Waals surface area contributed by atoms with E-state index in [1.165, 1.54) is 24.1 Å². The van der Waals surface area contributed by atoms with E-state index in [0.29, 0.717) is 0 Å². The van der Waals surface area contributed by atoms with Crippen LogP contribution in [-0.2, 0) is 5.75 Å². The van der Waals surface area contributed by atoms with E-state index in [9.17, 15) is 4.79 Å². The smallest absolute Gasteiger partial charge is 0.252 e. The molecule has 3 aromatic rings. The number of piperidine rings is 1. The van der Waals surface area contributed by atoms with Crippen molar-refractivity contribution in [3.8, 4) is 0 Å². The Bertz CT molecular complexity index is 1020. The SMILES string of the molecule is C[C@@H]1CCCN(c2ccc([C@@H](C)NC(=O)c3ccccc3SCc3ccccc3)cc2)C1. The molecule has 32 heavy (non-hydrogen) atoms. The van der Waals surface area contributed by atoms with Crippen molar-refractivity contribution >= 4 is 23.4 Å². The molecular formula is C28H32N2OS. The second-order valence-corrected chi connectivity index (χ2v) is 9.77. The second-order valence-electron chi connectivity index (χ2n) is 8.75. The summed E-state index contributed by atoms with van der Waals surface area (Å²) in [7, 11) is 0. The first-order valence-electron chi connectivity index (χ1n) is 11.5. The lowest BCUT2D eigenvalue weighted by Crippen LogP contribution is -2.34. The maximum absolute atomic E-state index is 13.1. The number of rotatable bonds is 7. The number of amides is 1. The summed E-state index contributed by atoms with van der Waals surface area (Å²) >= 11 is 1.70. The predicted octanol–water partition coefficient (Wildman–Crippen LogP) is 6.71. The van der Waals surface area contributed by atoms with Gasteiger partial charge in [0.15, 0.2) is 0 Å². The molecule has 0 spiro atoms. The number of benzene rings is 3. The summed E-state index contributed by atoms with van der Waals surface area (Å²) in [6, 6.07) is 26.9. The minimum Gasteiger partial charge on any atom is -0.371 e. The van der Waals surface area contributed by atoms with Gasteiger partial charge in [0.2, 0.25) is 0 Å². The van der Waals surface area contributed by atoms with Crippen molar-refractivity contribution < 1.29 is 4.79 Å². The van der Waals surface area contributed by atoms with E-state index in [1.54, 1.807) is 11.8 Å². The van der Waals surface area contributed by atoms with Gasteiger partial charge in [0, 0.05) is 29.4 Å². The molecule has 1 amide bonds. The molecule has 1 aliphatic heterocycles. The van der Waals surface area contributed by atoms with Crippen LogP contribution in [0.4, 0.5) is 5.69 Å². The molecule has 1 heterocycles. The minimum absolute atomic E-state index is 0.0254. The summed E-state index contributed by atoms with van der Waals surface area (Å²) in [6.07, 6.45) is 2.58. The van der Waals surface area contributed by atoms with E-state index in [4.69, 9.17) is 0 Å². The van der Waals surface area contributed by atoms with Gasteiger partial charge in [0.1, 0.15) is 0 Å². The van der Waals surface area contributed by atoms with Crippen LogP contribution in [0.2, 0.25) is 0 Å². The highest BCUT2D eigenvalue weighted by atomic mass is 32.2. The first-order valence-corrected chi connectivity index (χ1v) is 12.5. The maximum atomic E-state index is 13.1. The fraction of sp³-hybridized carbons (Fsp3) is 0.321. The molecule has 4 heteroatoms. The molecule has 4 rings (SSSR count). The van der Waals surface area contributed by atoms with Crippen molar-refractivity contribution in [2.75, 3.05) is 18.0 Å². The van der Waals surface area contributed by atoms with Crippen molar-refractivity contribution in [1.29, 1.82) is 0 Å². The molecule has 0 aromatic heterocycles. The molecule has 166 valence electrons. The van der Waals surface area contributed by atoms with Crippen molar-refractivity contribution in [2.45, 2.75) is 43.4 Å². The van der Waals surface area contributed by atoms with E-state index in [0.717, 1.165) is 40.8 Å². The van der Waals surface area contributed by atoms with E-state index in [1.807, 2.05) is 42.5 Å². The fourth-order valence-electron chi connectivity index (χ4n) is 4.27. The molecule has 3 aromatic carbocycles. The maximum Gasteiger partial charge on any atom is 0.252 e. The van der Waals surface area contributed by atoms with E-state index in [2.05, 4.69) is 60.5 Å². The van der Waals surface area contributed by atoms with Gasteiger partial charge in [0.05, 0.1) is 11.6 Å². The molecule has 1 fully saturated rings. The van der Waals surface area contributed by atoms with Gasteiger partial charge < -0.3 is 10.2 Å². The standard InChI is InChI=1S/C28H32N2OS/c1-21-9-8-18-30(19-21)25-16-14-24(15-17-25)22(2)29-28(31)26-12-6-7-13-27(26)32-20-23-10-4-3-5-11-23/h3-7,10-17,21-22H,8-9,18-20H2,1-2H3,(H,29,31)/t21-,22-/m1/s1. The third-order valence-corrected chi connectivity index (χ3v) is 7.28. The van der Waals surface area contributed by atoms with Gasteiger partial charge in [-0.1, -0.05) is 61.5 Å². The molecule has 0 radical (unpaired) electrons. The Labute approximate surface area is 196 Å². The summed E-state index contributed by atoms with van der Waals surface area (Å²) in [6.45, 7) is 6.64. The first-order chi connectivity index (χ1) is 15.6. The van der Waals surface area contributed by atoms with Crippen LogP contribution >= 0.6 is 11.8 Å². The summed E-state index contributed by atoms with van der Waals surface area (Å²) < 4.78 is 0. The molecule has 1 aliphatic rings. The number of anilines is 1. The Morgan fingerprint density at radius 1 is 1.03 bits per heavy atom. The first kappa shape index (κ1) is 22.5. The zero-order valence-corrected chi connectivity index (χ0v) is 19.8. The van der Waals surface area contributed by atoms with Gasteiger partial charge in [-0.2, -0.15) is 0 Å². The quantitative estimate of drug-likeness (QED) is 0.411. The van der Waals surface area contributed by atoms with Crippen LogP contribution in [0, 0.1) is 5.92 Å². The Kier molecular flexibility index (Phi) is 7.54. The Balaban J connectivity index is 1.39. The zero-order chi connectivity index (χ0) is 22.3. The number of thioether (sulfide) groups is 1. The molecule has 0 aliphatic carbocycles. The highest BCUT2D eigenvalue weighted by Gasteiger charge is 2.18. The normalized spacial score (nSPS) is 17.1. The lowest BCUT2D eigenvalue weighted by molar-refractivity contribution is 0.0937. The monoisotopic (exact) mass is 444 g/mol. The highest BCUT2D eigenvalue weighted by molar-refractivity contribution is 7.98. The third kappa shape index (κ3) is 5.74. The van der Waals surface area contributed by atoms with Crippen LogP contribution in [0.1, 0.15) is 54.2 Å². The molecule has 2 atom stereocenters. The van der Waals surface area contributed by atoms with E-state index < -0.39 is 0 Å². The number of nitrogens with one attached hydrogen (secondary N) is 1. The number of nitrogens with zero attached hydrogens (tertiary/aromatic N) is 1. The summed E-state index contributed by atoms with van der Waals surface area (Å²) in [5, 5.41) is 3.19. The third-order valence-electron chi connectivity index (χ3n) is 6.13. The Morgan fingerprint density at radius 3 is 2.50 bits per heavy atom. The number of carbonyl (C=O) groups excluding carboxylic acids is 1. The topological polar surface area (TPSA) is 32.3 Å². The molecule has 0 saturated carbocycles. The predicted molar refractivity (Wildman–Crippen MR) is 135 cm³/mol. The Morgan fingerprint density at radius 2 is 1.75 bits per heavy atom. The van der Waals surface area contributed by atoms with Crippen LogP contribution in [-0.4, -0.2) is 19.0 Å². The fourth-order valence-corrected chi connectivity index (χ4v) is 5.28. The van der Waals surface area contributed by atoms with Crippen LogP contribution in [0.5, 0.6) is 0 Å². The average Bonchev–Trinajstić information content (AvgIpc) is 2.83. The molecule has 0 bridgehead atoms. The number of hydrogen-bond acceptors (Lipinski definition) is 3. The van der Waals surface area contributed by atoms with Gasteiger partial charge in [0.25, 0.3) is 5.91 Å². The highest BCUT2D eigenvalue weighted by Crippen LogP contribution is 2.28. The van der Waals surface area contributed by atoms with Gasteiger partial charge >= 0.3 is 0 Å². The second kappa shape index (κ2) is 10.7. The largest absolute Gasteiger partial charge is 0.371 e. The van der Waals surface area contributed by atoms with Gasteiger partial charge in [-0.15, -0.1) is 11.8 Å². The minimum atomic E-state index is -0.0518. The van der Waals surface area contributed by atoms with Crippen LogP contribution in [0.25, 0.3) is 0 Å². The van der Waals surface area contributed by atoms with E-state index in [-0.39, 0.29) is 11.9 Å². The van der Waals surface area contributed by atoms with Crippen molar-refractivity contribution in [3.05, 3.63) is 95.6 Å². The van der Waals surface area contributed by atoms with Gasteiger partial charge in [-0.05, 0) is 61.1 Å². The van der Waals surface area contributed by atoms with Crippen molar-refractivity contribution in [2.24, 2.45) is 5.92 Å². The number of carbonyl (C=O) groups is 1. The zero-order valence-electron chi connectivity index (χ0n) is 19.0. The molecule has 0 unspecified atom stereocenters. The summed E-state index contributed by atoms with van der Waals surface area (Å²) in [5.41, 5.74) is 4.39. The van der Waals surface area contributed by atoms with Crippen molar-refractivity contribution in [1.82, 2.24) is 5.32 Å². The summed E-state index contributed by atoms with van der Waals surface area (Å²) in [5.74, 6) is 1.57. The Hall–Kier alpha value is -2.72. The lowest BCUT2D eigenvalue weighted by atomic mass is 9.99. The molecule has 3 nitrogen and oxygen atoms in total. The molecule has 1 saturated heterocycles. The molecule has 1 N–H and O–H groups in total.